The molecule has 0 aromatic rings. The number of rotatable bonds is 0. The maximum Gasteiger partial charge on any atom is 0.316 e. The fourth-order valence-electron chi connectivity index (χ4n) is 0. The molecule has 0 amide bonds. The van der Waals surface area contributed by atoms with Crippen LogP contribution in [0.25, 0.3) is 0 Å². The largest absolute Gasteiger partial charge is 0.316 e. The van der Waals surface area contributed by atoms with Gasteiger partial charge in [0.05, 0.1) is 0 Å². The topological polar surface area (TPSA) is 0 Å². The molecule has 0 rings (SSSR count). The molecular weight excluding hydrogens is 96.2 g/mol. The molecule has 4 heavy (non-hydrogen) atoms. The maximum atomic E-state index is 2.00. The van der Waals surface area contributed by atoms with Crippen molar-refractivity contribution in [3.63, 3.8) is 0 Å². The fourth-order valence-corrected chi connectivity index (χ4v) is 0. The predicted octanol–water partition coefficient (Wildman–Crippen LogP) is -0.561. The zero-order valence-corrected chi connectivity index (χ0v) is 3.64. The van der Waals surface area contributed by atoms with Crippen LogP contribution in [0, 0.1) is 0 Å². The third-order valence-electron chi connectivity index (χ3n) is 0. The first-order valence-corrected chi connectivity index (χ1v) is 1.77. The van der Waals surface area contributed by atoms with E-state index < -0.39 is 0 Å². The number of hydrogen-bond donors (Lipinski definition) is 0. The van der Waals surface area contributed by atoms with E-state index in [0.29, 0.717) is 0 Å². The average Bonchev–Trinajstić information content (AvgIpc) is 0.918. The van der Waals surface area contributed by atoms with Gasteiger partial charge < -0.3 is 0 Å². The molecule has 2 heteroatoms. The quantitative estimate of drug-likeness (QED) is 0.360. The third-order valence-corrected chi connectivity index (χ3v) is 0. The second-order valence-electron chi connectivity index (χ2n) is 0.289. The van der Waals surface area contributed by atoms with Gasteiger partial charge in [-0.25, -0.2) is 0 Å². The summed E-state index contributed by atoms with van der Waals surface area (Å²) in [5.74, 6) is 0. The van der Waals surface area contributed by atoms with Crippen molar-refractivity contribution in [2.75, 3.05) is 0 Å². The van der Waals surface area contributed by atoms with Crippen LogP contribution >= 0.6 is 0 Å². The molecular formula is C2H6MgTi. The molecule has 0 N–H and O–H groups in total. The van der Waals surface area contributed by atoms with E-state index in [4.69, 9.17) is 0 Å². The van der Waals surface area contributed by atoms with Crippen LogP contribution in [0.3, 0.4) is 0 Å². The van der Waals surface area contributed by atoms with Crippen LogP contribution in [0.1, 0.15) is 6.92 Å². The molecule has 0 aliphatic heterocycles. The molecule has 0 heterocycles. The van der Waals surface area contributed by atoms with Crippen molar-refractivity contribution >= 4 is 27.4 Å². The molecule has 0 spiro atoms. The maximum absolute atomic E-state index is 2.00. The van der Waals surface area contributed by atoms with Crippen molar-refractivity contribution in [3.05, 3.63) is 0 Å². The van der Waals surface area contributed by atoms with Gasteiger partial charge in [-0.1, -0.05) is 0 Å². The van der Waals surface area contributed by atoms with E-state index >= 15 is 0 Å². The Kier molecular flexibility index (Phi) is 19.9. The summed E-state index contributed by atoms with van der Waals surface area (Å²) in [4.78, 5) is 0. The van der Waals surface area contributed by atoms with Gasteiger partial charge in [-0.15, -0.1) is 0 Å². The molecule has 0 aromatic carbocycles. The van der Waals surface area contributed by atoms with Crippen molar-refractivity contribution in [3.8, 4) is 0 Å². The van der Waals surface area contributed by atoms with Crippen LogP contribution in [0.2, 0.25) is 0 Å². The summed E-state index contributed by atoms with van der Waals surface area (Å²) >= 11 is 2.00. The molecule has 0 atom stereocenters. The van der Waals surface area contributed by atoms with Crippen LogP contribution < -0.4 is 0 Å². The summed E-state index contributed by atoms with van der Waals surface area (Å²) < 4.78 is 2.00. The van der Waals surface area contributed by atoms with Gasteiger partial charge in [0.1, 0.15) is 0 Å². The minimum Gasteiger partial charge on any atom is 0.316 e. The predicted molar refractivity (Wildman–Crippen MR) is 20.3 cm³/mol. The molecule has 0 radical (unpaired) electrons. The Hall–Kier alpha value is 1.35. The molecule has 0 aliphatic rings. The zero-order chi connectivity index (χ0) is 2.71. The van der Waals surface area contributed by atoms with Gasteiger partial charge in [0.15, 0.2) is 0 Å². The Morgan fingerprint density at radius 2 is 1.75 bits per heavy atom. The molecule has 0 saturated heterocycles. The van der Waals surface area contributed by atoms with Gasteiger partial charge in [-0.05, 0) is 0 Å². The van der Waals surface area contributed by atoms with Gasteiger partial charge >= 0.3 is 54.3 Å². The Labute approximate surface area is 54.0 Å². The van der Waals surface area contributed by atoms with Gasteiger partial charge in [0, 0.05) is 0 Å². The molecule has 0 unspecified atom stereocenters. The van der Waals surface area contributed by atoms with Crippen molar-refractivity contribution in [1.29, 1.82) is 0 Å². The van der Waals surface area contributed by atoms with Crippen LogP contribution in [-0.2, 0) is 20.0 Å². The monoisotopic (exact) mass is 102 g/mol. The molecule has 0 aliphatic carbocycles. The second-order valence-corrected chi connectivity index (χ2v) is 1.19. The number of hydrogen-bond acceptors (Lipinski definition) is 0. The summed E-state index contributed by atoms with van der Waals surface area (Å²) in [6.45, 7) is 2.00. The van der Waals surface area contributed by atoms with Gasteiger partial charge in [-0.3, -0.25) is 0 Å². The van der Waals surface area contributed by atoms with Crippen molar-refractivity contribution in [2.24, 2.45) is 0 Å². The van der Waals surface area contributed by atoms with Gasteiger partial charge in [0.2, 0.25) is 0 Å². The van der Waals surface area contributed by atoms with Crippen molar-refractivity contribution in [2.45, 2.75) is 6.92 Å². The summed E-state index contributed by atoms with van der Waals surface area (Å²) in [6, 6.07) is 0. The average molecular weight is 102 g/mol. The van der Waals surface area contributed by atoms with E-state index in [2.05, 4.69) is 0 Å². The SMILES string of the molecule is C[CH]=[Ti].[MgH2]. The smallest absolute Gasteiger partial charge is 0.316 e. The first-order chi connectivity index (χ1) is 1.41. The molecule has 0 fully saturated rings. The summed E-state index contributed by atoms with van der Waals surface area (Å²) in [5, 5.41) is 0. The van der Waals surface area contributed by atoms with E-state index in [1.54, 1.807) is 0 Å². The standard InChI is InChI=1S/C2H4.Mg.Ti.2H/c1-2;;;;/h1H,2H3;;;;. The molecule has 0 saturated carbocycles. The molecule has 20 valence electrons. The van der Waals surface area contributed by atoms with Crippen LogP contribution in [0.15, 0.2) is 0 Å². The first kappa shape index (κ1) is 9.02. The van der Waals surface area contributed by atoms with Gasteiger partial charge in [0.25, 0.3) is 0 Å². The van der Waals surface area contributed by atoms with E-state index in [1.807, 2.05) is 31.2 Å². The minimum atomic E-state index is 0. The summed E-state index contributed by atoms with van der Waals surface area (Å²) in [7, 11) is 0. The van der Waals surface area contributed by atoms with E-state index in [0.717, 1.165) is 0 Å². The van der Waals surface area contributed by atoms with E-state index in [1.165, 1.54) is 0 Å². The Morgan fingerprint density at radius 3 is 1.75 bits per heavy atom. The van der Waals surface area contributed by atoms with Crippen LogP contribution in [-0.4, -0.2) is 27.4 Å². The molecule has 0 nitrogen and oxygen atoms in total. The normalized spacial score (nSPS) is 3.00. The van der Waals surface area contributed by atoms with Crippen molar-refractivity contribution < 1.29 is 20.0 Å². The Bertz CT molecular complexity index is 13.5. The van der Waals surface area contributed by atoms with E-state index in [9.17, 15) is 0 Å². The first-order valence-electron chi connectivity index (χ1n) is 0.866. The summed E-state index contributed by atoms with van der Waals surface area (Å²) in [5.41, 5.74) is 0. The minimum absolute atomic E-state index is 0. The zero-order valence-electron chi connectivity index (χ0n) is 2.08. The molecule has 0 bridgehead atoms. The van der Waals surface area contributed by atoms with Crippen LogP contribution in [0.4, 0.5) is 0 Å². The van der Waals surface area contributed by atoms with Gasteiger partial charge in [-0.2, -0.15) is 0 Å². The fraction of sp³-hybridized carbons (Fsp3) is 0.500. The Balaban J connectivity index is 0. The second kappa shape index (κ2) is 8.84. The Morgan fingerprint density at radius 1 is 1.75 bits per heavy atom. The third kappa shape index (κ3) is 10.1. The molecule has 0 aromatic heterocycles. The summed E-state index contributed by atoms with van der Waals surface area (Å²) in [6.07, 6.45) is 0. The van der Waals surface area contributed by atoms with E-state index in [-0.39, 0.29) is 23.1 Å². The van der Waals surface area contributed by atoms with Crippen molar-refractivity contribution in [1.82, 2.24) is 0 Å². The van der Waals surface area contributed by atoms with Crippen LogP contribution in [0.5, 0.6) is 0 Å².